The molecule has 0 heterocycles. The number of rotatable bonds is 24. The molecule has 1 unspecified atom stereocenters. The fourth-order valence-corrected chi connectivity index (χ4v) is 2.91. The van der Waals surface area contributed by atoms with Crippen molar-refractivity contribution in [2.75, 3.05) is 52.9 Å². The van der Waals surface area contributed by atoms with E-state index in [0.29, 0.717) is 59.1 Å². The largest absolute Gasteiger partial charge is 0.463 e. The van der Waals surface area contributed by atoms with Crippen molar-refractivity contribution in [3.63, 3.8) is 0 Å². The van der Waals surface area contributed by atoms with Gasteiger partial charge in [0.2, 0.25) is 0 Å². The SMILES string of the molecule is CCCCCCCOCCOCCOCCOCCCC(=O)OC(C)CCCCC. The van der Waals surface area contributed by atoms with Crippen LogP contribution in [0, 0.1) is 0 Å². The minimum atomic E-state index is -0.128. The molecule has 0 saturated carbocycles. The van der Waals surface area contributed by atoms with E-state index in [0.717, 1.165) is 25.9 Å². The summed E-state index contributed by atoms with van der Waals surface area (Å²) in [4.78, 5) is 11.7. The summed E-state index contributed by atoms with van der Waals surface area (Å²) in [5.41, 5.74) is 0. The van der Waals surface area contributed by atoms with E-state index in [1.807, 2.05) is 6.92 Å². The summed E-state index contributed by atoms with van der Waals surface area (Å²) >= 11 is 0. The zero-order valence-electron chi connectivity index (χ0n) is 20.0. The van der Waals surface area contributed by atoms with Crippen LogP contribution < -0.4 is 0 Å². The third-order valence-corrected chi connectivity index (χ3v) is 4.72. The zero-order valence-corrected chi connectivity index (χ0v) is 20.0. The van der Waals surface area contributed by atoms with Gasteiger partial charge in [-0.1, -0.05) is 52.4 Å². The second kappa shape index (κ2) is 24.6. The summed E-state index contributed by atoms with van der Waals surface area (Å²) in [6.45, 7) is 11.2. The van der Waals surface area contributed by atoms with Gasteiger partial charge in [-0.25, -0.2) is 0 Å². The molecular formula is C24H48O6. The highest BCUT2D eigenvalue weighted by molar-refractivity contribution is 5.69. The lowest BCUT2D eigenvalue weighted by Gasteiger charge is -2.13. The van der Waals surface area contributed by atoms with Crippen molar-refractivity contribution in [1.29, 1.82) is 0 Å². The summed E-state index contributed by atoms with van der Waals surface area (Å²) in [5.74, 6) is -0.128. The summed E-state index contributed by atoms with van der Waals surface area (Å²) in [7, 11) is 0. The van der Waals surface area contributed by atoms with Crippen LogP contribution in [0.15, 0.2) is 0 Å². The molecule has 0 bridgehead atoms. The van der Waals surface area contributed by atoms with Crippen LogP contribution in [-0.4, -0.2) is 64.9 Å². The van der Waals surface area contributed by atoms with Gasteiger partial charge in [-0.2, -0.15) is 0 Å². The average Bonchev–Trinajstić information content (AvgIpc) is 2.73. The van der Waals surface area contributed by atoms with Crippen LogP contribution in [0.3, 0.4) is 0 Å². The molecular weight excluding hydrogens is 384 g/mol. The zero-order chi connectivity index (χ0) is 22.1. The van der Waals surface area contributed by atoms with Crippen molar-refractivity contribution in [3.8, 4) is 0 Å². The Kier molecular flexibility index (Phi) is 24.0. The molecule has 0 aliphatic heterocycles. The van der Waals surface area contributed by atoms with E-state index in [1.165, 1.54) is 38.5 Å². The van der Waals surface area contributed by atoms with E-state index in [4.69, 9.17) is 23.7 Å². The van der Waals surface area contributed by atoms with Gasteiger partial charge >= 0.3 is 5.97 Å². The predicted molar refractivity (Wildman–Crippen MR) is 121 cm³/mol. The molecule has 1 atom stereocenters. The fourth-order valence-electron chi connectivity index (χ4n) is 2.91. The molecule has 0 amide bonds. The van der Waals surface area contributed by atoms with Gasteiger partial charge in [-0.3, -0.25) is 4.79 Å². The second-order valence-corrected chi connectivity index (χ2v) is 7.76. The Morgan fingerprint density at radius 1 is 0.600 bits per heavy atom. The lowest BCUT2D eigenvalue weighted by molar-refractivity contribution is -0.149. The first-order valence-corrected chi connectivity index (χ1v) is 12.2. The molecule has 0 aliphatic rings. The van der Waals surface area contributed by atoms with Crippen LogP contribution in [0.25, 0.3) is 0 Å². The van der Waals surface area contributed by atoms with E-state index in [9.17, 15) is 4.79 Å². The maximum atomic E-state index is 11.7. The number of esters is 1. The maximum absolute atomic E-state index is 11.7. The molecule has 0 aliphatic carbocycles. The Balaban J connectivity index is 3.18. The molecule has 6 nitrogen and oxygen atoms in total. The molecule has 0 radical (unpaired) electrons. The number of ether oxygens (including phenoxy) is 5. The molecule has 30 heavy (non-hydrogen) atoms. The monoisotopic (exact) mass is 432 g/mol. The van der Waals surface area contributed by atoms with E-state index < -0.39 is 0 Å². The summed E-state index contributed by atoms with van der Waals surface area (Å²) in [6, 6.07) is 0. The minimum absolute atomic E-state index is 0.0164. The third kappa shape index (κ3) is 23.6. The van der Waals surface area contributed by atoms with Crippen molar-refractivity contribution < 1.29 is 28.5 Å². The highest BCUT2D eigenvalue weighted by Gasteiger charge is 2.08. The Morgan fingerprint density at radius 2 is 1.07 bits per heavy atom. The number of carbonyl (C=O) groups excluding carboxylic acids is 1. The van der Waals surface area contributed by atoms with Gasteiger partial charge in [0.25, 0.3) is 0 Å². The van der Waals surface area contributed by atoms with Gasteiger partial charge in [0, 0.05) is 19.6 Å². The Bertz CT molecular complexity index is 351. The molecule has 0 spiro atoms. The van der Waals surface area contributed by atoms with Gasteiger partial charge in [0.15, 0.2) is 0 Å². The first kappa shape index (κ1) is 29.3. The summed E-state index contributed by atoms with van der Waals surface area (Å²) in [6.07, 6.45) is 11.9. The van der Waals surface area contributed by atoms with Gasteiger partial charge in [0.1, 0.15) is 0 Å². The van der Waals surface area contributed by atoms with Gasteiger partial charge in [0.05, 0.1) is 45.7 Å². The van der Waals surface area contributed by atoms with Gasteiger partial charge in [-0.05, 0) is 32.6 Å². The first-order chi connectivity index (χ1) is 14.7. The summed E-state index contributed by atoms with van der Waals surface area (Å²) in [5, 5.41) is 0. The van der Waals surface area contributed by atoms with E-state index in [1.54, 1.807) is 0 Å². The Morgan fingerprint density at radius 3 is 1.63 bits per heavy atom. The van der Waals surface area contributed by atoms with E-state index in [-0.39, 0.29) is 12.1 Å². The van der Waals surface area contributed by atoms with Crippen molar-refractivity contribution in [3.05, 3.63) is 0 Å². The molecule has 180 valence electrons. The van der Waals surface area contributed by atoms with Gasteiger partial charge in [-0.15, -0.1) is 0 Å². The van der Waals surface area contributed by atoms with Crippen LogP contribution in [0.1, 0.15) is 91.4 Å². The molecule has 0 aromatic heterocycles. The van der Waals surface area contributed by atoms with Crippen molar-refractivity contribution >= 4 is 5.97 Å². The molecule has 0 N–H and O–H groups in total. The summed E-state index contributed by atoms with van der Waals surface area (Å²) < 4.78 is 27.3. The maximum Gasteiger partial charge on any atom is 0.306 e. The van der Waals surface area contributed by atoms with Crippen LogP contribution in [-0.2, 0) is 28.5 Å². The molecule has 0 aromatic rings. The minimum Gasteiger partial charge on any atom is -0.463 e. The van der Waals surface area contributed by atoms with Crippen molar-refractivity contribution in [2.45, 2.75) is 97.5 Å². The topological polar surface area (TPSA) is 63.2 Å². The molecule has 6 heteroatoms. The molecule has 0 aromatic carbocycles. The van der Waals surface area contributed by atoms with Crippen LogP contribution >= 0.6 is 0 Å². The fraction of sp³-hybridized carbons (Fsp3) is 0.958. The highest BCUT2D eigenvalue weighted by atomic mass is 16.6. The lowest BCUT2D eigenvalue weighted by Crippen LogP contribution is -2.15. The quantitative estimate of drug-likeness (QED) is 0.152. The Labute approximate surface area is 185 Å². The highest BCUT2D eigenvalue weighted by Crippen LogP contribution is 2.08. The van der Waals surface area contributed by atoms with E-state index in [2.05, 4.69) is 13.8 Å². The molecule has 0 fully saturated rings. The van der Waals surface area contributed by atoms with Crippen molar-refractivity contribution in [2.24, 2.45) is 0 Å². The smallest absolute Gasteiger partial charge is 0.306 e. The second-order valence-electron chi connectivity index (χ2n) is 7.76. The van der Waals surface area contributed by atoms with E-state index >= 15 is 0 Å². The molecule has 0 saturated heterocycles. The third-order valence-electron chi connectivity index (χ3n) is 4.72. The Hall–Kier alpha value is -0.690. The number of carbonyl (C=O) groups is 1. The van der Waals surface area contributed by atoms with Gasteiger partial charge < -0.3 is 23.7 Å². The predicted octanol–water partition coefficient (Wildman–Crippen LogP) is 5.32. The average molecular weight is 433 g/mol. The first-order valence-electron chi connectivity index (χ1n) is 12.2. The van der Waals surface area contributed by atoms with Crippen molar-refractivity contribution in [1.82, 2.24) is 0 Å². The molecule has 0 rings (SSSR count). The number of hydrogen-bond donors (Lipinski definition) is 0. The number of unbranched alkanes of at least 4 members (excludes halogenated alkanes) is 6. The lowest BCUT2D eigenvalue weighted by atomic mass is 10.1. The number of hydrogen-bond acceptors (Lipinski definition) is 6. The van der Waals surface area contributed by atoms with Crippen LogP contribution in [0.5, 0.6) is 0 Å². The standard InChI is InChI=1S/C24H48O6/c1-4-6-8-9-11-15-26-17-19-28-21-22-29-20-18-27-16-12-14-24(25)30-23(3)13-10-7-5-2/h23H,4-22H2,1-3H3. The normalized spacial score (nSPS) is 12.2. The van der Waals surface area contributed by atoms with Crippen LogP contribution in [0.4, 0.5) is 0 Å². The van der Waals surface area contributed by atoms with Crippen LogP contribution in [0.2, 0.25) is 0 Å².